The number of hydrogen-bond donors (Lipinski definition) is 3. The second kappa shape index (κ2) is 11.0. The molecule has 0 heterocycles. The number of rotatable bonds is 8. The number of guanidine groups is 1. The molecule has 0 saturated heterocycles. The Bertz CT molecular complexity index is 550. The van der Waals surface area contributed by atoms with E-state index in [4.69, 9.17) is 0 Å². The Morgan fingerprint density at radius 2 is 2.04 bits per heavy atom. The first-order chi connectivity index (χ1) is 12.2. The highest BCUT2D eigenvalue weighted by atomic mass is 32.2. The zero-order chi connectivity index (χ0) is 17.9. The molecule has 1 fully saturated rings. The number of nitrogens with one attached hydrogen (secondary N) is 3. The third kappa shape index (κ3) is 6.98. The molecule has 6 heteroatoms. The molecule has 25 heavy (non-hydrogen) atoms. The number of carbonyl (C=O) groups is 1. The molecule has 2 rings (SSSR count). The van der Waals surface area contributed by atoms with Gasteiger partial charge in [0.2, 0.25) is 0 Å². The largest absolute Gasteiger partial charge is 0.357 e. The molecule has 0 aliphatic heterocycles. The first-order valence-corrected chi connectivity index (χ1v) is 10.4. The molecule has 0 bridgehead atoms. The van der Waals surface area contributed by atoms with Crippen molar-refractivity contribution in [3.05, 3.63) is 35.9 Å². The van der Waals surface area contributed by atoms with Crippen molar-refractivity contribution in [2.75, 3.05) is 25.9 Å². The quantitative estimate of drug-likeness (QED) is 0.378. The van der Waals surface area contributed by atoms with Crippen LogP contribution >= 0.6 is 11.8 Å². The second-order valence-corrected chi connectivity index (χ2v) is 7.39. The normalized spacial score (nSPS) is 20.3. The van der Waals surface area contributed by atoms with Gasteiger partial charge in [0.15, 0.2) is 5.96 Å². The van der Waals surface area contributed by atoms with Crippen molar-refractivity contribution in [2.24, 2.45) is 4.99 Å². The number of thioether (sulfide) groups is 1. The third-order valence-electron chi connectivity index (χ3n) is 4.33. The molecule has 0 spiro atoms. The van der Waals surface area contributed by atoms with E-state index in [0.29, 0.717) is 24.7 Å². The maximum atomic E-state index is 12.0. The summed E-state index contributed by atoms with van der Waals surface area (Å²) in [6, 6.07) is 9.82. The van der Waals surface area contributed by atoms with Crippen LogP contribution in [0.5, 0.6) is 0 Å². The summed E-state index contributed by atoms with van der Waals surface area (Å²) in [5, 5.41) is 10.6. The van der Waals surface area contributed by atoms with Gasteiger partial charge in [-0.25, -0.2) is 0 Å². The zero-order valence-corrected chi connectivity index (χ0v) is 16.1. The Labute approximate surface area is 155 Å². The van der Waals surface area contributed by atoms with Crippen LogP contribution in [0, 0.1) is 0 Å². The number of carbonyl (C=O) groups excluding carboxylic acids is 1. The molecule has 1 aliphatic rings. The van der Waals surface area contributed by atoms with Crippen LogP contribution in [-0.2, 0) is 0 Å². The van der Waals surface area contributed by atoms with Crippen molar-refractivity contribution >= 4 is 23.6 Å². The average Bonchev–Trinajstić information content (AvgIpc) is 3.09. The van der Waals surface area contributed by atoms with Gasteiger partial charge in [0.1, 0.15) is 0 Å². The lowest BCUT2D eigenvalue weighted by Gasteiger charge is -2.17. The smallest absolute Gasteiger partial charge is 0.251 e. The van der Waals surface area contributed by atoms with Crippen molar-refractivity contribution in [2.45, 2.75) is 43.9 Å². The molecule has 1 saturated carbocycles. The average molecular weight is 363 g/mol. The Morgan fingerprint density at radius 3 is 2.72 bits per heavy atom. The predicted molar refractivity (Wildman–Crippen MR) is 107 cm³/mol. The van der Waals surface area contributed by atoms with Crippen LogP contribution in [0.25, 0.3) is 0 Å². The fourth-order valence-electron chi connectivity index (χ4n) is 2.96. The van der Waals surface area contributed by atoms with Crippen LogP contribution in [0.4, 0.5) is 0 Å². The second-order valence-electron chi connectivity index (χ2n) is 6.25. The minimum Gasteiger partial charge on any atom is -0.357 e. The number of nitrogens with zero attached hydrogens (tertiary/aromatic N) is 1. The number of amides is 1. The molecular formula is C19H30N4OS. The number of benzene rings is 1. The van der Waals surface area contributed by atoms with Crippen LogP contribution in [0.2, 0.25) is 0 Å². The predicted octanol–water partition coefficient (Wildman–Crippen LogP) is 2.65. The lowest BCUT2D eigenvalue weighted by Crippen LogP contribution is -2.42. The number of hydrogen-bond acceptors (Lipinski definition) is 3. The van der Waals surface area contributed by atoms with E-state index in [-0.39, 0.29) is 5.91 Å². The number of aliphatic imine (C=N–C) groups is 1. The molecule has 2 atom stereocenters. The van der Waals surface area contributed by atoms with Crippen molar-refractivity contribution in [1.29, 1.82) is 0 Å². The van der Waals surface area contributed by atoms with Crippen molar-refractivity contribution < 1.29 is 4.79 Å². The van der Waals surface area contributed by atoms with Gasteiger partial charge in [-0.15, -0.1) is 0 Å². The van der Waals surface area contributed by atoms with Crippen molar-refractivity contribution in [1.82, 2.24) is 16.0 Å². The van der Waals surface area contributed by atoms with Gasteiger partial charge in [-0.1, -0.05) is 18.2 Å². The highest BCUT2D eigenvalue weighted by Crippen LogP contribution is 2.27. The van der Waals surface area contributed by atoms with Crippen LogP contribution in [-0.4, -0.2) is 49.0 Å². The minimum absolute atomic E-state index is 0.0244. The molecule has 0 aromatic heterocycles. The van der Waals surface area contributed by atoms with E-state index in [1.807, 2.05) is 42.1 Å². The van der Waals surface area contributed by atoms with E-state index < -0.39 is 0 Å². The molecule has 2 unspecified atom stereocenters. The van der Waals surface area contributed by atoms with Gasteiger partial charge >= 0.3 is 0 Å². The molecule has 1 aliphatic carbocycles. The molecule has 0 radical (unpaired) electrons. The summed E-state index contributed by atoms with van der Waals surface area (Å²) in [5.74, 6) is 0.868. The van der Waals surface area contributed by atoms with Gasteiger partial charge in [-0.05, 0) is 51.0 Å². The van der Waals surface area contributed by atoms with Crippen LogP contribution in [0.15, 0.2) is 35.3 Å². The highest BCUT2D eigenvalue weighted by molar-refractivity contribution is 7.99. The first-order valence-electron chi connectivity index (χ1n) is 9.13. The molecular weight excluding hydrogens is 332 g/mol. The molecule has 138 valence electrons. The molecule has 1 aromatic carbocycles. The summed E-state index contributed by atoms with van der Waals surface area (Å²) in [7, 11) is 0. The summed E-state index contributed by atoms with van der Waals surface area (Å²) < 4.78 is 0. The highest BCUT2D eigenvalue weighted by Gasteiger charge is 2.24. The fraction of sp³-hybridized carbons (Fsp3) is 0.579. The summed E-state index contributed by atoms with van der Waals surface area (Å²) in [5.41, 5.74) is 0.700. The first kappa shape index (κ1) is 19.6. The van der Waals surface area contributed by atoms with Gasteiger partial charge in [0, 0.05) is 36.5 Å². The summed E-state index contributed by atoms with van der Waals surface area (Å²) in [6.45, 7) is 4.27. The van der Waals surface area contributed by atoms with Crippen LogP contribution < -0.4 is 16.0 Å². The van der Waals surface area contributed by atoms with Gasteiger partial charge in [0.25, 0.3) is 5.91 Å². The molecule has 3 N–H and O–H groups in total. The van der Waals surface area contributed by atoms with Crippen LogP contribution in [0.3, 0.4) is 0 Å². The summed E-state index contributed by atoms with van der Waals surface area (Å²) in [4.78, 5) is 16.6. The van der Waals surface area contributed by atoms with Gasteiger partial charge in [-0.2, -0.15) is 11.8 Å². The van der Waals surface area contributed by atoms with E-state index in [0.717, 1.165) is 24.2 Å². The third-order valence-corrected chi connectivity index (χ3v) is 5.42. The van der Waals surface area contributed by atoms with E-state index >= 15 is 0 Å². The monoisotopic (exact) mass is 362 g/mol. The summed E-state index contributed by atoms with van der Waals surface area (Å²) in [6.07, 6.45) is 6.72. The Kier molecular flexibility index (Phi) is 8.66. The van der Waals surface area contributed by atoms with E-state index in [2.05, 4.69) is 34.1 Å². The fourth-order valence-corrected chi connectivity index (χ4v) is 3.76. The van der Waals surface area contributed by atoms with Crippen molar-refractivity contribution in [3.63, 3.8) is 0 Å². The maximum Gasteiger partial charge on any atom is 0.251 e. The SMILES string of the molecule is CCNC(=NCCCNC(=O)c1ccccc1)NC1CCC(SC)C1. The summed E-state index contributed by atoms with van der Waals surface area (Å²) >= 11 is 1.96. The molecule has 1 aromatic rings. The van der Waals surface area contributed by atoms with Gasteiger partial charge in [0.05, 0.1) is 0 Å². The Hall–Kier alpha value is -1.69. The van der Waals surface area contributed by atoms with Gasteiger partial charge in [-0.3, -0.25) is 9.79 Å². The van der Waals surface area contributed by atoms with E-state index in [9.17, 15) is 4.79 Å². The van der Waals surface area contributed by atoms with Crippen LogP contribution in [0.1, 0.15) is 43.0 Å². The molecule has 1 amide bonds. The molecule has 5 nitrogen and oxygen atoms in total. The van der Waals surface area contributed by atoms with Crippen molar-refractivity contribution in [3.8, 4) is 0 Å². The van der Waals surface area contributed by atoms with Gasteiger partial charge < -0.3 is 16.0 Å². The van der Waals surface area contributed by atoms with E-state index in [1.54, 1.807) is 0 Å². The Balaban J connectivity index is 1.69. The van der Waals surface area contributed by atoms with E-state index in [1.165, 1.54) is 19.3 Å². The lowest BCUT2D eigenvalue weighted by atomic mass is 10.2. The maximum absolute atomic E-state index is 12.0. The standard InChI is InChI=1S/C19H30N4OS/c1-3-20-19(23-16-10-11-17(14-16)25-2)22-13-7-12-21-18(24)15-8-5-4-6-9-15/h4-6,8-9,16-17H,3,7,10-14H2,1-2H3,(H,21,24)(H2,20,22,23). The lowest BCUT2D eigenvalue weighted by molar-refractivity contribution is 0.0953. The minimum atomic E-state index is -0.0244. The topological polar surface area (TPSA) is 65.5 Å². The Morgan fingerprint density at radius 1 is 1.24 bits per heavy atom. The zero-order valence-electron chi connectivity index (χ0n) is 15.3.